The third-order valence-electron chi connectivity index (χ3n) is 3.31. The predicted octanol–water partition coefficient (Wildman–Crippen LogP) is 2.56. The van der Waals surface area contributed by atoms with E-state index in [1.807, 2.05) is 38.1 Å². The van der Waals surface area contributed by atoms with Gasteiger partial charge in [0.15, 0.2) is 0 Å². The quantitative estimate of drug-likeness (QED) is 0.893. The molecule has 0 saturated heterocycles. The molecule has 0 aliphatic carbocycles. The Kier molecular flexibility index (Phi) is 4.07. The van der Waals surface area contributed by atoms with Crippen LogP contribution in [-0.2, 0) is 0 Å². The van der Waals surface area contributed by atoms with E-state index in [4.69, 9.17) is 4.74 Å². The summed E-state index contributed by atoms with van der Waals surface area (Å²) in [6.45, 7) is 6.09. The molecule has 0 bridgehead atoms. The lowest BCUT2D eigenvalue weighted by Crippen LogP contribution is -2.42. The van der Waals surface area contributed by atoms with Crippen molar-refractivity contribution < 1.29 is 9.53 Å². The standard InChI is InChI=1S/C14H20N2O2/c1-3-16(4-2)14(17)15-12-9-10-18-13-8-6-5-7-11(12)13/h5-8,12H,3-4,9-10H2,1-2H3,(H,15,17). The highest BCUT2D eigenvalue weighted by atomic mass is 16.5. The number of amides is 2. The van der Waals surface area contributed by atoms with Gasteiger partial charge in [0.2, 0.25) is 0 Å². The molecule has 18 heavy (non-hydrogen) atoms. The molecule has 0 saturated carbocycles. The van der Waals surface area contributed by atoms with E-state index >= 15 is 0 Å². The van der Waals surface area contributed by atoms with Gasteiger partial charge in [-0.3, -0.25) is 0 Å². The number of benzene rings is 1. The van der Waals surface area contributed by atoms with Crippen molar-refractivity contribution in [3.05, 3.63) is 29.8 Å². The third kappa shape index (κ3) is 2.58. The van der Waals surface area contributed by atoms with Gasteiger partial charge in [-0.2, -0.15) is 0 Å². The van der Waals surface area contributed by atoms with Crippen LogP contribution >= 0.6 is 0 Å². The van der Waals surface area contributed by atoms with Crippen LogP contribution in [0.1, 0.15) is 31.9 Å². The lowest BCUT2D eigenvalue weighted by molar-refractivity contribution is 0.191. The summed E-state index contributed by atoms with van der Waals surface area (Å²) in [7, 11) is 0. The molecule has 4 nitrogen and oxygen atoms in total. The van der Waals surface area contributed by atoms with E-state index in [2.05, 4.69) is 5.32 Å². The molecule has 1 aromatic carbocycles. The fourth-order valence-electron chi connectivity index (χ4n) is 2.24. The summed E-state index contributed by atoms with van der Waals surface area (Å²) < 4.78 is 5.58. The van der Waals surface area contributed by atoms with Gasteiger partial charge < -0.3 is 15.0 Å². The van der Waals surface area contributed by atoms with Crippen LogP contribution in [0.4, 0.5) is 4.79 Å². The molecule has 2 amide bonds. The van der Waals surface area contributed by atoms with Crippen LogP contribution in [0.5, 0.6) is 5.75 Å². The van der Waals surface area contributed by atoms with Crippen molar-refractivity contribution in [2.24, 2.45) is 0 Å². The SMILES string of the molecule is CCN(CC)C(=O)NC1CCOc2ccccc21. The number of nitrogens with one attached hydrogen (secondary N) is 1. The molecular weight excluding hydrogens is 228 g/mol. The second kappa shape index (κ2) is 5.76. The minimum absolute atomic E-state index is 0.00158. The van der Waals surface area contributed by atoms with E-state index in [1.165, 1.54) is 0 Å². The molecule has 2 rings (SSSR count). The van der Waals surface area contributed by atoms with Gasteiger partial charge in [-0.1, -0.05) is 18.2 Å². The van der Waals surface area contributed by atoms with Gasteiger partial charge in [0.05, 0.1) is 12.6 Å². The molecule has 0 fully saturated rings. The molecule has 0 spiro atoms. The molecule has 1 unspecified atom stereocenters. The Labute approximate surface area is 108 Å². The first-order valence-corrected chi connectivity index (χ1v) is 6.53. The van der Waals surface area contributed by atoms with Gasteiger partial charge in [0.25, 0.3) is 0 Å². The molecule has 0 aromatic heterocycles. The van der Waals surface area contributed by atoms with Gasteiger partial charge in [-0.15, -0.1) is 0 Å². The van der Waals surface area contributed by atoms with Crippen molar-refractivity contribution in [1.82, 2.24) is 10.2 Å². The molecule has 1 aliphatic rings. The second-order valence-corrected chi connectivity index (χ2v) is 4.35. The topological polar surface area (TPSA) is 41.6 Å². The Balaban J connectivity index is 2.09. The first-order valence-electron chi connectivity index (χ1n) is 6.53. The van der Waals surface area contributed by atoms with Crippen LogP contribution in [0.25, 0.3) is 0 Å². The van der Waals surface area contributed by atoms with Crippen LogP contribution in [0, 0.1) is 0 Å². The highest BCUT2D eigenvalue weighted by Crippen LogP contribution is 2.31. The average Bonchev–Trinajstić information content (AvgIpc) is 2.40. The van der Waals surface area contributed by atoms with Gasteiger partial charge in [0, 0.05) is 25.1 Å². The van der Waals surface area contributed by atoms with Crippen LogP contribution in [0.2, 0.25) is 0 Å². The van der Waals surface area contributed by atoms with Crippen molar-refractivity contribution in [1.29, 1.82) is 0 Å². The lowest BCUT2D eigenvalue weighted by atomic mass is 10.0. The van der Waals surface area contributed by atoms with Crippen molar-refractivity contribution in [3.63, 3.8) is 0 Å². The van der Waals surface area contributed by atoms with E-state index in [0.29, 0.717) is 6.61 Å². The van der Waals surface area contributed by atoms with Crippen molar-refractivity contribution in [3.8, 4) is 5.75 Å². The van der Waals surface area contributed by atoms with Crippen molar-refractivity contribution in [2.45, 2.75) is 26.3 Å². The average molecular weight is 248 g/mol. The van der Waals surface area contributed by atoms with Crippen molar-refractivity contribution >= 4 is 6.03 Å². The summed E-state index contributed by atoms with van der Waals surface area (Å²) in [6, 6.07) is 7.95. The summed E-state index contributed by atoms with van der Waals surface area (Å²) in [4.78, 5) is 13.8. The number of carbonyl (C=O) groups excluding carboxylic acids is 1. The van der Waals surface area contributed by atoms with Crippen molar-refractivity contribution in [2.75, 3.05) is 19.7 Å². The Hall–Kier alpha value is -1.71. The number of fused-ring (bicyclic) bond motifs is 1. The first-order chi connectivity index (χ1) is 8.76. The molecule has 1 aliphatic heterocycles. The van der Waals surface area contributed by atoms with Crippen LogP contribution in [-0.4, -0.2) is 30.6 Å². The summed E-state index contributed by atoms with van der Waals surface area (Å²) in [5.41, 5.74) is 1.07. The van der Waals surface area contributed by atoms with Crippen LogP contribution in [0.15, 0.2) is 24.3 Å². The molecule has 1 aromatic rings. The maximum Gasteiger partial charge on any atom is 0.317 e. The number of hydrogen-bond acceptors (Lipinski definition) is 2. The normalized spacial score (nSPS) is 17.6. The summed E-state index contributed by atoms with van der Waals surface area (Å²) in [6.07, 6.45) is 0.823. The second-order valence-electron chi connectivity index (χ2n) is 4.35. The van der Waals surface area contributed by atoms with E-state index in [1.54, 1.807) is 4.90 Å². The van der Waals surface area contributed by atoms with E-state index in [0.717, 1.165) is 30.8 Å². The zero-order valence-corrected chi connectivity index (χ0v) is 11.0. The van der Waals surface area contributed by atoms with Gasteiger partial charge >= 0.3 is 6.03 Å². The zero-order chi connectivity index (χ0) is 13.0. The number of carbonyl (C=O) groups is 1. The third-order valence-corrected chi connectivity index (χ3v) is 3.31. The Morgan fingerprint density at radius 3 is 2.83 bits per heavy atom. The minimum Gasteiger partial charge on any atom is -0.493 e. The maximum atomic E-state index is 12.1. The van der Waals surface area contributed by atoms with Gasteiger partial charge in [0.1, 0.15) is 5.75 Å². The molecule has 0 radical (unpaired) electrons. The molecule has 98 valence electrons. The molecular formula is C14H20N2O2. The number of para-hydroxylation sites is 1. The monoisotopic (exact) mass is 248 g/mol. The molecule has 1 heterocycles. The highest BCUT2D eigenvalue weighted by Gasteiger charge is 2.23. The Morgan fingerprint density at radius 2 is 2.11 bits per heavy atom. The lowest BCUT2D eigenvalue weighted by Gasteiger charge is -2.29. The number of hydrogen-bond donors (Lipinski definition) is 1. The Bertz CT molecular complexity index is 416. The number of ether oxygens (including phenoxy) is 1. The van der Waals surface area contributed by atoms with E-state index in [9.17, 15) is 4.79 Å². The molecule has 1 N–H and O–H groups in total. The van der Waals surface area contributed by atoms with Crippen LogP contribution < -0.4 is 10.1 Å². The van der Waals surface area contributed by atoms with Crippen LogP contribution in [0.3, 0.4) is 0 Å². The summed E-state index contributed by atoms with van der Waals surface area (Å²) in [5, 5.41) is 3.08. The fraction of sp³-hybridized carbons (Fsp3) is 0.500. The smallest absolute Gasteiger partial charge is 0.317 e. The van der Waals surface area contributed by atoms with E-state index in [-0.39, 0.29) is 12.1 Å². The summed E-state index contributed by atoms with van der Waals surface area (Å²) in [5.74, 6) is 0.883. The zero-order valence-electron chi connectivity index (χ0n) is 11.0. The fourth-order valence-corrected chi connectivity index (χ4v) is 2.24. The maximum absolute atomic E-state index is 12.1. The Morgan fingerprint density at radius 1 is 1.39 bits per heavy atom. The van der Waals surface area contributed by atoms with Gasteiger partial charge in [-0.05, 0) is 19.9 Å². The molecule has 4 heteroatoms. The number of urea groups is 1. The minimum atomic E-state index is 0.00158. The number of nitrogens with zero attached hydrogens (tertiary/aromatic N) is 1. The first kappa shape index (κ1) is 12.7. The largest absolute Gasteiger partial charge is 0.493 e. The predicted molar refractivity (Wildman–Crippen MR) is 70.7 cm³/mol. The molecule has 1 atom stereocenters. The number of rotatable bonds is 3. The highest BCUT2D eigenvalue weighted by molar-refractivity contribution is 5.74. The van der Waals surface area contributed by atoms with E-state index < -0.39 is 0 Å². The summed E-state index contributed by atoms with van der Waals surface area (Å²) >= 11 is 0. The van der Waals surface area contributed by atoms with Gasteiger partial charge in [-0.25, -0.2) is 4.79 Å².